The smallest absolute Gasteiger partial charge is 0.0444 e. The molecule has 1 saturated heterocycles. The zero-order valence-electron chi connectivity index (χ0n) is 9.95. The maximum atomic E-state index is 6.23. The molecule has 2 N–H and O–H groups in total. The van der Waals surface area contributed by atoms with Gasteiger partial charge in [-0.1, -0.05) is 17.7 Å². The van der Waals surface area contributed by atoms with E-state index in [2.05, 4.69) is 30.0 Å². The number of fused-ring (bicyclic) bond motifs is 3. The molecule has 1 fully saturated rings. The summed E-state index contributed by atoms with van der Waals surface area (Å²) in [6.45, 7) is 3.36. The Morgan fingerprint density at radius 2 is 2.19 bits per heavy atom. The third-order valence-electron chi connectivity index (χ3n) is 4.08. The largest absolute Gasteiger partial charge is 0.367 e. The van der Waals surface area contributed by atoms with E-state index in [1.54, 1.807) is 0 Å². The predicted octanol–water partition coefficient (Wildman–Crippen LogP) is 2.24. The van der Waals surface area contributed by atoms with Crippen molar-refractivity contribution >= 4 is 5.69 Å². The molecule has 2 atom stereocenters. The monoisotopic (exact) mass is 216 g/mol. The van der Waals surface area contributed by atoms with E-state index >= 15 is 0 Å². The molecule has 2 nitrogen and oxygen atoms in total. The molecule has 1 aromatic carbocycles. The number of benzene rings is 1. The number of hydrogen-bond acceptors (Lipinski definition) is 2. The van der Waals surface area contributed by atoms with Gasteiger partial charge >= 0.3 is 0 Å². The van der Waals surface area contributed by atoms with Gasteiger partial charge in [0.25, 0.3) is 0 Å². The lowest BCUT2D eigenvalue weighted by Crippen LogP contribution is -2.54. The van der Waals surface area contributed by atoms with E-state index in [1.165, 1.54) is 49.0 Å². The molecular weight excluding hydrogens is 196 g/mol. The number of rotatable bonds is 0. The van der Waals surface area contributed by atoms with Crippen molar-refractivity contribution in [2.45, 2.75) is 44.7 Å². The Morgan fingerprint density at radius 3 is 3.06 bits per heavy atom. The Hall–Kier alpha value is -1.02. The van der Waals surface area contributed by atoms with Gasteiger partial charge in [0, 0.05) is 24.3 Å². The summed E-state index contributed by atoms with van der Waals surface area (Å²) in [4.78, 5) is 2.55. The quantitative estimate of drug-likeness (QED) is 0.720. The summed E-state index contributed by atoms with van der Waals surface area (Å²) in [5.41, 5.74) is 10.6. The third-order valence-corrected chi connectivity index (χ3v) is 4.08. The van der Waals surface area contributed by atoms with E-state index in [0.717, 1.165) is 0 Å². The Kier molecular flexibility index (Phi) is 2.40. The van der Waals surface area contributed by atoms with Gasteiger partial charge < -0.3 is 10.6 Å². The Balaban J connectivity index is 1.99. The van der Waals surface area contributed by atoms with Crippen molar-refractivity contribution in [1.82, 2.24) is 0 Å². The first-order valence-corrected chi connectivity index (χ1v) is 6.37. The van der Waals surface area contributed by atoms with E-state index < -0.39 is 0 Å². The third kappa shape index (κ3) is 1.52. The van der Waals surface area contributed by atoms with Crippen molar-refractivity contribution in [1.29, 1.82) is 0 Å². The van der Waals surface area contributed by atoms with Gasteiger partial charge in [0.2, 0.25) is 0 Å². The van der Waals surface area contributed by atoms with Crippen LogP contribution in [0.4, 0.5) is 5.69 Å². The molecule has 0 saturated carbocycles. The molecule has 0 aliphatic carbocycles. The van der Waals surface area contributed by atoms with Gasteiger partial charge in [-0.2, -0.15) is 0 Å². The summed E-state index contributed by atoms with van der Waals surface area (Å²) in [5, 5.41) is 0. The highest BCUT2D eigenvalue weighted by Gasteiger charge is 2.32. The second-order valence-electron chi connectivity index (χ2n) is 5.24. The fourth-order valence-corrected chi connectivity index (χ4v) is 3.25. The normalized spacial score (nSPS) is 28.5. The van der Waals surface area contributed by atoms with Crippen LogP contribution in [-0.2, 0) is 6.42 Å². The van der Waals surface area contributed by atoms with E-state index in [1.807, 2.05) is 0 Å². The Bertz CT molecular complexity index is 400. The molecular formula is C14H20N2. The van der Waals surface area contributed by atoms with Gasteiger partial charge in [0.05, 0.1) is 0 Å². The molecule has 0 spiro atoms. The lowest BCUT2D eigenvalue weighted by atomic mass is 9.86. The molecule has 0 bridgehead atoms. The zero-order valence-corrected chi connectivity index (χ0v) is 9.95. The number of piperidine rings is 1. The standard InChI is InChI=1S/C14H20N2/c1-10-4-6-13-11(9-10)5-7-14-12(15)3-2-8-16(13)14/h4,6,9,12,14H,2-3,5,7-8,15H2,1H3. The van der Waals surface area contributed by atoms with Crippen LogP contribution < -0.4 is 10.6 Å². The molecule has 2 heterocycles. The van der Waals surface area contributed by atoms with Gasteiger partial charge in [0.1, 0.15) is 0 Å². The van der Waals surface area contributed by atoms with E-state index in [-0.39, 0.29) is 0 Å². The van der Waals surface area contributed by atoms with Gasteiger partial charge in [-0.25, -0.2) is 0 Å². The molecule has 0 radical (unpaired) electrons. The highest BCUT2D eigenvalue weighted by Crippen LogP contribution is 2.35. The van der Waals surface area contributed by atoms with Crippen LogP contribution in [0.2, 0.25) is 0 Å². The van der Waals surface area contributed by atoms with Crippen molar-refractivity contribution < 1.29 is 0 Å². The molecule has 2 unspecified atom stereocenters. The summed E-state index contributed by atoms with van der Waals surface area (Å²) in [6, 6.07) is 7.81. The van der Waals surface area contributed by atoms with Crippen molar-refractivity contribution in [2.75, 3.05) is 11.4 Å². The molecule has 86 valence electrons. The average Bonchev–Trinajstić information content (AvgIpc) is 2.28. The minimum Gasteiger partial charge on any atom is -0.367 e. The molecule has 2 aliphatic rings. The van der Waals surface area contributed by atoms with Crippen LogP contribution in [0.3, 0.4) is 0 Å². The van der Waals surface area contributed by atoms with E-state index in [0.29, 0.717) is 12.1 Å². The number of anilines is 1. The Morgan fingerprint density at radius 1 is 1.31 bits per heavy atom. The highest BCUT2D eigenvalue weighted by atomic mass is 15.2. The van der Waals surface area contributed by atoms with Gasteiger partial charge in [-0.3, -0.25) is 0 Å². The van der Waals surface area contributed by atoms with Gasteiger partial charge in [-0.05, 0) is 44.2 Å². The first-order valence-electron chi connectivity index (χ1n) is 6.37. The zero-order chi connectivity index (χ0) is 11.1. The summed E-state index contributed by atoms with van der Waals surface area (Å²) < 4.78 is 0. The van der Waals surface area contributed by atoms with E-state index in [4.69, 9.17) is 5.73 Å². The van der Waals surface area contributed by atoms with Crippen LogP contribution in [0.25, 0.3) is 0 Å². The predicted molar refractivity (Wildman–Crippen MR) is 67.8 cm³/mol. The van der Waals surface area contributed by atoms with Crippen LogP contribution in [0.5, 0.6) is 0 Å². The van der Waals surface area contributed by atoms with Gasteiger partial charge in [-0.15, -0.1) is 0 Å². The minimum absolute atomic E-state index is 0.378. The summed E-state index contributed by atoms with van der Waals surface area (Å²) in [5.74, 6) is 0. The maximum Gasteiger partial charge on any atom is 0.0444 e. The van der Waals surface area contributed by atoms with Crippen LogP contribution in [-0.4, -0.2) is 18.6 Å². The number of nitrogens with zero attached hydrogens (tertiary/aromatic N) is 1. The number of hydrogen-bond donors (Lipinski definition) is 1. The second-order valence-corrected chi connectivity index (χ2v) is 5.24. The summed E-state index contributed by atoms with van der Waals surface area (Å²) in [7, 11) is 0. The highest BCUT2D eigenvalue weighted by molar-refractivity contribution is 5.58. The van der Waals surface area contributed by atoms with Crippen LogP contribution >= 0.6 is 0 Å². The second kappa shape index (κ2) is 3.77. The molecule has 0 amide bonds. The first-order chi connectivity index (χ1) is 7.75. The summed E-state index contributed by atoms with van der Waals surface area (Å²) >= 11 is 0. The number of nitrogens with two attached hydrogens (primary N) is 1. The molecule has 3 rings (SSSR count). The van der Waals surface area contributed by atoms with Crippen LogP contribution in [0, 0.1) is 6.92 Å². The lowest BCUT2D eigenvalue weighted by molar-refractivity contribution is 0.372. The molecule has 1 aromatic rings. The fourth-order valence-electron chi connectivity index (χ4n) is 3.25. The minimum atomic E-state index is 0.378. The molecule has 16 heavy (non-hydrogen) atoms. The lowest BCUT2D eigenvalue weighted by Gasteiger charge is -2.45. The average molecular weight is 216 g/mol. The van der Waals surface area contributed by atoms with Gasteiger partial charge in [0.15, 0.2) is 0 Å². The van der Waals surface area contributed by atoms with Crippen molar-refractivity contribution in [2.24, 2.45) is 5.73 Å². The Labute approximate surface area is 97.4 Å². The maximum absolute atomic E-state index is 6.23. The van der Waals surface area contributed by atoms with Crippen LogP contribution in [0.15, 0.2) is 18.2 Å². The van der Waals surface area contributed by atoms with Crippen molar-refractivity contribution in [3.8, 4) is 0 Å². The first kappa shape index (κ1) is 10.2. The van der Waals surface area contributed by atoms with Crippen LogP contribution in [0.1, 0.15) is 30.4 Å². The number of aryl methyl sites for hydroxylation is 2. The molecule has 2 heteroatoms. The fraction of sp³-hybridized carbons (Fsp3) is 0.571. The SMILES string of the molecule is Cc1ccc2c(c1)CCC1C(N)CCCN21. The summed E-state index contributed by atoms with van der Waals surface area (Å²) in [6.07, 6.45) is 4.87. The topological polar surface area (TPSA) is 29.3 Å². The molecule has 0 aromatic heterocycles. The van der Waals surface area contributed by atoms with Crippen molar-refractivity contribution in [3.05, 3.63) is 29.3 Å². The van der Waals surface area contributed by atoms with Crippen molar-refractivity contribution in [3.63, 3.8) is 0 Å². The van der Waals surface area contributed by atoms with E-state index in [9.17, 15) is 0 Å². The molecule has 2 aliphatic heterocycles.